The van der Waals surface area contributed by atoms with Crippen molar-refractivity contribution in [1.29, 1.82) is 0 Å². The molecule has 1 aromatic carbocycles. The molecular weight excluding hydrogens is 481 g/mol. The molecule has 2 heterocycles. The van der Waals surface area contributed by atoms with Crippen molar-refractivity contribution in [3.8, 4) is 5.88 Å². The number of hydrogen-bond donors (Lipinski definition) is 2. The van der Waals surface area contributed by atoms with Gasteiger partial charge in [0.05, 0.1) is 19.2 Å². The first-order chi connectivity index (χ1) is 13.7. The minimum Gasteiger partial charge on any atom is -0.478 e. The van der Waals surface area contributed by atoms with Crippen molar-refractivity contribution < 1.29 is 9.53 Å². The van der Waals surface area contributed by atoms with Gasteiger partial charge in [-0.15, -0.1) is 24.0 Å². The van der Waals surface area contributed by atoms with Gasteiger partial charge in [0.2, 0.25) is 11.8 Å². The number of nitrogens with one attached hydrogen (secondary N) is 2. The lowest BCUT2D eigenvalue weighted by Crippen LogP contribution is -2.44. The molecule has 29 heavy (non-hydrogen) atoms. The third kappa shape index (κ3) is 6.31. The lowest BCUT2D eigenvalue weighted by Gasteiger charge is -2.19. The van der Waals surface area contributed by atoms with Gasteiger partial charge >= 0.3 is 0 Å². The van der Waals surface area contributed by atoms with E-state index in [1.54, 1.807) is 6.20 Å². The van der Waals surface area contributed by atoms with E-state index in [1.165, 1.54) is 0 Å². The molecule has 0 saturated carbocycles. The summed E-state index contributed by atoms with van der Waals surface area (Å²) in [5, 5.41) is 6.63. The van der Waals surface area contributed by atoms with Crippen LogP contribution in [0.25, 0.3) is 0 Å². The van der Waals surface area contributed by atoms with Crippen molar-refractivity contribution >= 4 is 41.5 Å². The summed E-state index contributed by atoms with van der Waals surface area (Å²) in [7, 11) is 0. The van der Waals surface area contributed by atoms with Crippen molar-refractivity contribution in [3.05, 3.63) is 54.2 Å². The first-order valence-electron chi connectivity index (χ1n) is 9.68. The zero-order valence-electron chi connectivity index (χ0n) is 16.8. The molecule has 1 fully saturated rings. The molecular formula is C21H28IN5O2. The predicted octanol–water partition coefficient (Wildman–Crippen LogP) is 2.96. The Labute approximate surface area is 189 Å². The number of amides is 1. The van der Waals surface area contributed by atoms with Crippen LogP contribution in [0.3, 0.4) is 0 Å². The number of benzene rings is 1. The maximum atomic E-state index is 12.4. The second kappa shape index (κ2) is 11.6. The van der Waals surface area contributed by atoms with Gasteiger partial charge in [0, 0.05) is 37.0 Å². The highest BCUT2D eigenvalue weighted by molar-refractivity contribution is 14.0. The van der Waals surface area contributed by atoms with E-state index < -0.39 is 0 Å². The van der Waals surface area contributed by atoms with Crippen LogP contribution in [0.2, 0.25) is 0 Å². The number of carbonyl (C=O) groups is 1. The van der Waals surface area contributed by atoms with Crippen molar-refractivity contribution in [1.82, 2.24) is 15.6 Å². The minimum atomic E-state index is 0. The van der Waals surface area contributed by atoms with Gasteiger partial charge in [-0.2, -0.15) is 0 Å². The Morgan fingerprint density at radius 2 is 2.03 bits per heavy atom. The Bertz CT molecular complexity index is 816. The smallest absolute Gasteiger partial charge is 0.229 e. The zero-order chi connectivity index (χ0) is 19.8. The molecule has 1 aliphatic heterocycles. The number of guanidine groups is 1. The highest BCUT2D eigenvalue weighted by Crippen LogP contribution is 2.21. The maximum Gasteiger partial charge on any atom is 0.229 e. The Morgan fingerprint density at radius 1 is 1.24 bits per heavy atom. The van der Waals surface area contributed by atoms with Crippen molar-refractivity contribution in [2.75, 3.05) is 24.6 Å². The third-order valence-corrected chi connectivity index (χ3v) is 4.42. The summed E-state index contributed by atoms with van der Waals surface area (Å²) in [6, 6.07) is 13.6. The molecule has 2 aromatic rings. The predicted molar refractivity (Wildman–Crippen MR) is 126 cm³/mol. The molecule has 0 radical (unpaired) electrons. The summed E-state index contributed by atoms with van der Waals surface area (Å²) < 4.78 is 5.57. The zero-order valence-corrected chi connectivity index (χ0v) is 19.1. The van der Waals surface area contributed by atoms with E-state index in [1.807, 2.05) is 61.2 Å². The Balaban J connectivity index is 0.00000300. The number of halogens is 1. The quantitative estimate of drug-likeness (QED) is 0.341. The molecule has 1 unspecified atom stereocenters. The van der Waals surface area contributed by atoms with Crippen LogP contribution in [0.5, 0.6) is 5.88 Å². The summed E-state index contributed by atoms with van der Waals surface area (Å²) in [6.07, 6.45) is 2.15. The van der Waals surface area contributed by atoms with E-state index in [2.05, 4.69) is 20.6 Å². The van der Waals surface area contributed by atoms with Crippen LogP contribution < -0.4 is 20.3 Å². The molecule has 0 bridgehead atoms. The van der Waals surface area contributed by atoms with Gasteiger partial charge < -0.3 is 20.3 Å². The molecule has 0 spiro atoms. The van der Waals surface area contributed by atoms with E-state index in [4.69, 9.17) is 4.74 Å². The highest BCUT2D eigenvalue weighted by Gasteiger charge is 2.31. The molecule has 7 nitrogen and oxygen atoms in total. The molecule has 2 N–H and O–H groups in total. The molecule has 3 rings (SSSR count). The van der Waals surface area contributed by atoms with Gasteiger partial charge in [0.25, 0.3) is 0 Å². The number of rotatable bonds is 7. The van der Waals surface area contributed by atoms with Crippen LogP contribution >= 0.6 is 24.0 Å². The Morgan fingerprint density at radius 3 is 2.76 bits per heavy atom. The van der Waals surface area contributed by atoms with Gasteiger partial charge in [-0.3, -0.25) is 4.79 Å². The Hall–Kier alpha value is -2.36. The fourth-order valence-electron chi connectivity index (χ4n) is 3.15. The molecule has 1 amide bonds. The first kappa shape index (κ1) is 22.9. The lowest BCUT2D eigenvalue weighted by atomic mass is 10.2. The molecule has 1 atom stereocenters. The van der Waals surface area contributed by atoms with E-state index in [0.717, 1.165) is 17.8 Å². The minimum absolute atomic E-state index is 0. The van der Waals surface area contributed by atoms with Crippen molar-refractivity contribution in [2.24, 2.45) is 4.99 Å². The Kier molecular flexibility index (Phi) is 9.17. The largest absolute Gasteiger partial charge is 0.478 e. The van der Waals surface area contributed by atoms with Gasteiger partial charge in [0.15, 0.2) is 5.96 Å². The lowest BCUT2D eigenvalue weighted by molar-refractivity contribution is -0.117. The molecule has 1 aliphatic rings. The SMILES string of the molecule is CCNC(=NCc1cccnc1OCC)NC1CC(=O)N(c2ccccc2)C1.I. The standard InChI is InChI=1S/C21H27N5O2.HI/c1-3-22-21(24-14-16-9-8-12-23-20(16)28-4-2)25-17-13-19(27)26(15-17)18-10-6-5-7-11-18;/h5-12,17H,3-4,13-15H2,1-2H3,(H2,22,24,25);1H. The second-order valence-electron chi connectivity index (χ2n) is 6.48. The monoisotopic (exact) mass is 509 g/mol. The summed E-state index contributed by atoms with van der Waals surface area (Å²) in [6.45, 7) is 6.31. The summed E-state index contributed by atoms with van der Waals surface area (Å²) in [5.74, 6) is 1.41. The molecule has 1 aromatic heterocycles. The molecule has 156 valence electrons. The number of nitrogens with zero attached hydrogens (tertiary/aromatic N) is 3. The second-order valence-corrected chi connectivity index (χ2v) is 6.48. The van der Waals surface area contributed by atoms with Gasteiger partial charge in [-0.1, -0.05) is 24.3 Å². The van der Waals surface area contributed by atoms with Gasteiger partial charge in [-0.25, -0.2) is 9.98 Å². The number of ether oxygens (including phenoxy) is 1. The average molecular weight is 509 g/mol. The summed E-state index contributed by atoms with van der Waals surface area (Å²) in [4.78, 5) is 23.2. The van der Waals surface area contributed by atoms with Crippen LogP contribution in [-0.2, 0) is 11.3 Å². The number of anilines is 1. The average Bonchev–Trinajstić information content (AvgIpc) is 3.08. The number of hydrogen-bond acceptors (Lipinski definition) is 4. The van der Waals surface area contributed by atoms with Crippen molar-refractivity contribution in [2.45, 2.75) is 32.9 Å². The molecule has 8 heteroatoms. The topological polar surface area (TPSA) is 78.9 Å². The normalized spacial score (nSPS) is 16.3. The van der Waals surface area contributed by atoms with Crippen LogP contribution in [0.4, 0.5) is 5.69 Å². The van der Waals surface area contributed by atoms with Crippen LogP contribution in [0.15, 0.2) is 53.7 Å². The third-order valence-electron chi connectivity index (χ3n) is 4.42. The summed E-state index contributed by atoms with van der Waals surface area (Å²) >= 11 is 0. The molecule has 1 saturated heterocycles. The van der Waals surface area contributed by atoms with Crippen LogP contribution in [-0.4, -0.2) is 42.6 Å². The fraction of sp³-hybridized carbons (Fsp3) is 0.381. The van der Waals surface area contributed by atoms with Crippen LogP contribution in [0.1, 0.15) is 25.8 Å². The van der Waals surface area contributed by atoms with Gasteiger partial charge in [-0.05, 0) is 32.0 Å². The summed E-state index contributed by atoms with van der Waals surface area (Å²) in [5.41, 5.74) is 1.85. The van der Waals surface area contributed by atoms with E-state index in [0.29, 0.717) is 38.0 Å². The highest BCUT2D eigenvalue weighted by atomic mass is 127. The fourth-order valence-corrected chi connectivity index (χ4v) is 3.15. The number of aliphatic imine (C=N–C) groups is 1. The maximum absolute atomic E-state index is 12.4. The first-order valence-corrected chi connectivity index (χ1v) is 9.68. The van der Waals surface area contributed by atoms with Gasteiger partial charge in [0.1, 0.15) is 0 Å². The number of para-hydroxylation sites is 1. The van der Waals surface area contributed by atoms with Crippen LogP contribution in [0, 0.1) is 0 Å². The molecule has 0 aliphatic carbocycles. The van der Waals surface area contributed by atoms with Crippen molar-refractivity contribution in [3.63, 3.8) is 0 Å². The number of pyridine rings is 1. The number of aromatic nitrogens is 1. The van der Waals surface area contributed by atoms with E-state index in [9.17, 15) is 4.79 Å². The van der Waals surface area contributed by atoms with E-state index >= 15 is 0 Å². The van der Waals surface area contributed by atoms with E-state index in [-0.39, 0.29) is 35.9 Å². The number of carbonyl (C=O) groups excluding carboxylic acids is 1.